The van der Waals surface area contributed by atoms with Crippen LogP contribution in [0.3, 0.4) is 0 Å². The molecule has 1 N–H and O–H groups in total. The second-order valence-corrected chi connectivity index (χ2v) is 8.22. The molecular formula is C19H20F3N3O2S. The molecule has 3 aliphatic heterocycles. The van der Waals surface area contributed by atoms with E-state index in [1.165, 1.54) is 0 Å². The van der Waals surface area contributed by atoms with Crippen molar-refractivity contribution >= 4 is 17.2 Å². The van der Waals surface area contributed by atoms with E-state index in [1.807, 2.05) is 0 Å². The van der Waals surface area contributed by atoms with Gasteiger partial charge in [-0.2, -0.15) is 13.2 Å². The molecule has 1 aromatic carbocycles. The van der Waals surface area contributed by atoms with Crippen LogP contribution in [0.4, 0.5) is 13.2 Å². The van der Waals surface area contributed by atoms with Crippen LogP contribution in [0, 0.1) is 5.92 Å². The number of ether oxygens (including phenoxy) is 1. The number of benzene rings is 1. The zero-order chi connectivity index (χ0) is 19.9. The number of thiazole rings is 1. The number of amides is 1. The van der Waals surface area contributed by atoms with Crippen LogP contribution in [0.2, 0.25) is 0 Å². The second kappa shape index (κ2) is 7.36. The molecule has 5 rings (SSSR count). The first-order valence-electron chi connectivity index (χ1n) is 9.17. The summed E-state index contributed by atoms with van der Waals surface area (Å²) in [4.78, 5) is 17.8. The normalized spacial score (nSPS) is 26.9. The maximum Gasteiger partial charge on any atom is 0.427 e. The van der Waals surface area contributed by atoms with Crippen molar-refractivity contribution in [2.45, 2.75) is 38.0 Å². The van der Waals surface area contributed by atoms with Crippen LogP contribution in [0.15, 0.2) is 30.5 Å². The van der Waals surface area contributed by atoms with E-state index in [0.29, 0.717) is 34.6 Å². The zero-order valence-corrected chi connectivity index (χ0v) is 16.0. The van der Waals surface area contributed by atoms with Crippen molar-refractivity contribution in [3.8, 4) is 10.9 Å². The van der Waals surface area contributed by atoms with E-state index in [1.54, 1.807) is 24.3 Å². The number of halogens is 3. The molecule has 2 aromatic rings. The summed E-state index contributed by atoms with van der Waals surface area (Å²) in [7, 11) is 0. The molecule has 0 unspecified atom stereocenters. The lowest BCUT2D eigenvalue weighted by atomic mass is 9.79. The van der Waals surface area contributed by atoms with Crippen molar-refractivity contribution in [3.63, 3.8) is 0 Å². The van der Waals surface area contributed by atoms with E-state index >= 15 is 0 Å². The lowest BCUT2D eigenvalue weighted by Gasteiger charge is -2.49. The van der Waals surface area contributed by atoms with Gasteiger partial charge in [-0.05, 0) is 63.0 Å². The third kappa shape index (κ3) is 3.86. The van der Waals surface area contributed by atoms with Crippen LogP contribution in [-0.2, 0) is 6.18 Å². The molecule has 0 radical (unpaired) electrons. The molecule has 150 valence electrons. The smallest absolute Gasteiger partial charge is 0.427 e. The Labute approximate surface area is 164 Å². The van der Waals surface area contributed by atoms with Crippen LogP contribution in [0.1, 0.15) is 35.0 Å². The summed E-state index contributed by atoms with van der Waals surface area (Å²) in [5, 5.41) is 3.06. The first kappa shape index (κ1) is 19.2. The largest absolute Gasteiger partial charge is 0.431 e. The van der Waals surface area contributed by atoms with Gasteiger partial charge in [0.15, 0.2) is 0 Å². The molecule has 0 saturated carbocycles. The van der Waals surface area contributed by atoms with E-state index < -0.39 is 11.1 Å². The van der Waals surface area contributed by atoms with Crippen LogP contribution in [0.5, 0.6) is 10.9 Å². The van der Waals surface area contributed by atoms with Gasteiger partial charge in [-0.1, -0.05) is 11.3 Å². The number of piperidine rings is 3. The number of nitrogens with zero attached hydrogens (tertiary/aromatic N) is 2. The van der Waals surface area contributed by atoms with E-state index in [0.717, 1.165) is 32.1 Å². The molecule has 2 atom stereocenters. The summed E-state index contributed by atoms with van der Waals surface area (Å²) in [5.74, 6) is 0.695. The molecule has 3 fully saturated rings. The molecule has 28 heavy (non-hydrogen) atoms. The Bertz CT molecular complexity index is 843. The minimum absolute atomic E-state index is 0.0920. The molecule has 4 heterocycles. The summed E-state index contributed by atoms with van der Waals surface area (Å²) < 4.78 is 43.2. The van der Waals surface area contributed by atoms with Gasteiger partial charge < -0.3 is 10.1 Å². The average Bonchev–Trinajstić information content (AvgIpc) is 3.14. The highest BCUT2D eigenvalue weighted by atomic mass is 32.1. The van der Waals surface area contributed by atoms with Gasteiger partial charge >= 0.3 is 6.18 Å². The van der Waals surface area contributed by atoms with Gasteiger partial charge in [-0.25, -0.2) is 4.98 Å². The van der Waals surface area contributed by atoms with Crippen molar-refractivity contribution in [1.29, 1.82) is 0 Å². The van der Waals surface area contributed by atoms with Crippen molar-refractivity contribution in [2.75, 3.05) is 13.1 Å². The van der Waals surface area contributed by atoms with Crippen molar-refractivity contribution in [2.24, 2.45) is 5.92 Å². The van der Waals surface area contributed by atoms with E-state index in [9.17, 15) is 18.0 Å². The average molecular weight is 411 g/mol. The molecule has 2 bridgehead atoms. The van der Waals surface area contributed by atoms with Crippen LogP contribution >= 0.6 is 11.3 Å². The molecule has 3 aliphatic rings. The van der Waals surface area contributed by atoms with E-state index in [2.05, 4.69) is 22.1 Å². The first-order valence-corrected chi connectivity index (χ1v) is 9.99. The molecule has 3 saturated heterocycles. The van der Waals surface area contributed by atoms with Gasteiger partial charge in [-0.3, -0.25) is 9.69 Å². The van der Waals surface area contributed by atoms with Gasteiger partial charge in [0.1, 0.15) is 10.6 Å². The number of carbonyl (C=O) groups excluding carboxylic acids is 1. The molecular weight excluding hydrogens is 391 g/mol. The standard InChI is InChI=1S/C19H20F3N3O2S/c1-11-16(12-6-8-25(11)9-7-12)24-17(26)13-2-4-14(5-3-13)27-18-23-10-15(28-18)19(20,21)22/h2-5,10-12,16H,6-9H2,1H3,(H,24,26)/t11-,16-/m0/s1. The highest BCUT2D eigenvalue weighted by Gasteiger charge is 2.40. The minimum atomic E-state index is -4.44. The van der Waals surface area contributed by atoms with E-state index in [4.69, 9.17) is 4.74 Å². The Morgan fingerprint density at radius 2 is 1.93 bits per heavy atom. The SMILES string of the molecule is C[C@H]1[C@H](NC(=O)c2ccc(Oc3ncc(C(F)(F)F)s3)cc2)C2CCN1CC2. The molecule has 9 heteroatoms. The van der Waals surface area contributed by atoms with Gasteiger partial charge in [0.25, 0.3) is 11.1 Å². The lowest BCUT2D eigenvalue weighted by molar-refractivity contribution is -0.134. The molecule has 1 aromatic heterocycles. The summed E-state index contributed by atoms with van der Waals surface area (Å²) >= 11 is 0.433. The summed E-state index contributed by atoms with van der Waals surface area (Å²) in [6.07, 6.45) is -1.48. The molecule has 5 nitrogen and oxygen atoms in total. The summed E-state index contributed by atoms with van der Waals surface area (Å²) in [6.45, 7) is 4.34. The Balaban J connectivity index is 1.39. The first-order chi connectivity index (χ1) is 13.3. The highest BCUT2D eigenvalue weighted by molar-refractivity contribution is 7.13. The van der Waals surface area contributed by atoms with Crippen molar-refractivity contribution in [3.05, 3.63) is 40.9 Å². The topological polar surface area (TPSA) is 54.5 Å². The Morgan fingerprint density at radius 3 is 2.50 bits per heavy atom. The number of hydrogen-bond acceptors (Lipinski definition) is 5. The number of aromatic nitrogens is 1. The molecule has 0 spiro atoms. The Kier molecular flexibility index (Phi) is 5.05. The predicted molar refractivity (Wildman–Crippen MR) is 98.6 cm³/mol. The van der Waals surface area contributed by atoms with Crippen molar-refractivity contribution in [1.82, 2.24) is 15.2 Å². The lowest BCUT2D eigenvalue weighted by Crippen LogP contribution is -2.62. The van der Waals surface area contributed by atoms with Gasteiger partial charge in [0, 0.05) is 17.6 Å². The number of rotatable bonds is 4. The number of nitrogens with one attached hydrogen (secondary N) is 1. The van der Waals surface area contributed by atoms with Gasteiger partial charge in [0.2, 0.25) is 0 Å². The van der Waals surface area contributed by atoms with Crippen LogP contribution < -0.4 is 10.1 Å². The number of hydrogen-bond donors (Lipinski definition) is 1. The second-order valence-electron chi connectivity index (χ2n) is 7.23. The van der Waals surface area contributed by atoms with E-state index in [-0.39, 0.29) is 17.1 Å². The predicted octanol–water partition coefficient (Wildman–Crippen LogP) is 4.17. The highest BCUT2D eigenvalue weighted by Crippen LogP contribution is 2.37. The number of alkyl halides is 3. The fourth-order valence-corrected chi connectivity index (χ4v) is 4.64. The van der Waals surface area contributed by atoms with Gasteiger partial charge in [-0.15, -0.1) is 0 Å². The molecule has 1 amide bonds. The summed E-state index contributed by atoms with van der Waals surface area (Å²) in [6, 6.07) is 6.80. The zero-order valence-electron chi connectivity index (χ0n) is 15.2. The Morgan fingerprint density at radius 1 is 1.25 bits per heavy atom. The monoisotopic (exact) mass is 411 g/mol. The minimum Gasteiger partial charge on any atom is -0.431 e. The summed E-state index contributed by atoms with van der Waals surface area (Å²) in [5.41, 5.74) is 0.492. The maximum absolute atomic E-state index is 12.6. The third-order valence-corrected chi connectivity index (χ3v) is 6.48. The van der Waals surface area contributed by atoms with Crippen molar-refractivity contribution < 1.29 is 22.7 Å². The third-order valence-electron chi connectivity index (χ3n) is 5.56. The number of fused-ring (bicyclic) bond motifs is 3. The van der Waals surface area contributed by atoms with Crippen LogP contribution in [0.25, 0.3) is 0 Å². The molecule has 0 aliphatic carbocycles. The fraction of sp³-hybridized carbons (Fsp3) is 0.474. The number of carbonyl (C=O) groups is 1. The quantitative estimate of drug-likeness (QED) is 0.821. The fourth-order valence-electron chi connectivity index (χ4n) is 3.99. The van der Waals surface area contributed by atoms with Crippen LogP contribution in [-0.4, -0.2) is 41.0 Å². The maximum atomic E-state index is 12.6. The Hall–Kier alpha value is -2.13. The van der Waals surface area contributed by atoms with Gasteiger partial charge in [0.05, 0.1) is 6.20 Å².